The largest absolute Gasteiger partial charge is 0.244 e. The minimum atomic E-state index is -0.277. The standard InChI is InChI=1S/C10H25N3P4/c1-9(2,3)7-8(10(4,5)6)13(12-11-7)17(15)16-14/h7-8,16H,14-15H2,1-6H3. The van der Waals surface area contributed by atoms with Gasteiger partial charge in [0.1, 0.15) is 6.04 Å². The second-order valence-electron chi connectivity index (χ2n) is 6.62. The first-order valence-corrected chi connectivity index (χ1v) is 12.4. The predicted octanol–water partition coefficient (Wildman–Crippen LogP) is 5.07. The highest BCUT2D eigenvalue weighted by Gasteiger charge is 2.47. The summed E-state index contributed by atoms with van der Waals surface area (Å²) in [6.45, 7) is 13.6. The fraction of sp³-hybridized carbons (Fsp3) is 1.00. The Bertz CT molecular complexity index is 295. The summed E-state index contributed by atoms with van der Waals surface area (Å²) < 4.78 is 2.25. The fourth-order valence-electron chi connectivity index (χ4n) is 2.06. The van der Waals surface area contributed by atoms with Crippen LogP contribution in [-0.2, 0) is 0 Å². The van der Waals surface area contributed by atoms with Crippen LogP contribution in [0.1, 0.15) is 41.5 Å². The highest BCUT2D eigenvalue weighted by atomic mass is 32.6. The third-order valence-corrected chi connectivity index (χ3v) is 12.5. The van der Waals surface area contributed by atoms with Crippen molar-refractivity contribution in [3.63, 3.8) is 0 Å². The Morgan fingerprint density at radius 2 is 1.65 bits per heavy atom. The first-order valence-electron chi connectivity index (χ1n) is 5.80. The average Bonchev–Trinajstić information content (AvgIpc) is 2.59. The van der Waals surface area contributed by atoms with Gasteiger partial charge < -0.3 is 0 Å². The van der Waals surface area contributed by atoms with E-state index in [4.69, 9.17) is 0 Å². The summed E-state index contributed by atoms with van der Waals surface area (Å²) in [5.41, 5.74) is 0.365. The van der Waals surface area contributed by atoms with Crippen LogP contribution in [0.15, 0.2) is 10.3 Å². The van der Waals surface area contributed by atoms with Crippen molar-refractivity contribution in [2.24, 2.45) is 21.2 Å². The third kappa shape index (κ3) is 3.79. The number of rotatable bonds is 2. The molecule has 0 aromatic rings. The molecule has 0 saturated heterocycles. The first kappa shape index (κ1) is 16.2. The second kappa shape index (κ2) is 5.63. The van der Waals surface area contributed by atoms with Gasteiger partial charge in [-0.05, 0) is 18.8 Å². The molecule has 0 fully saturated rings. The van der Waals surface area contributed by atoms with E-state index in [1.165, 1.54) is 0 Å². The van der Waals surface area contributed by atoms with Crippen LogP contribution in [0.5, 0.6) is 0 Å². The molecule has 7 heteroatoms. The molecule has 0 spiro atoms. The maximum absolute atomic E-state index is 4.55. The normalized spacial score (nSPS) is 28.4. The fourth-order valence-corrected chi connectivity index (χ4v) is 5.53. The molecule has 1 heterocycles. The Hall–Kier alpha value is 1.12. The van der Waals surface area contributed by atoms with Crippen LogP contribution in [0.3, 0.4) is 0 Å². The minimum Gasteiger partial charge on any atom is -0.244 e. The van der Waals surface area contributed by atoms with E-state index in [1.54, 1.807) is 0 Å². The van der Waals surface area contributed by atoms with Gasteiger partial charge in [0.2, 0.25) is 0 Å². The second-order valence-corrected chi connectivity index (χ2v) is 15.5. The van der Waals surface area contributed by atoms with Crippen LogP contribution in [0.4, 0.5) is 0 Å². The lowest BCUT2D eigenvalue weighted by atomic mass is 9.73. The van der Waals surface area contributed by atoms with Gasteiger partial charge in [0.15, 0.2) is 0 Å². The Morgan fingerprint density at radius 1 is 1.12 bits per heavy atom. The molecule has 17 heavy (non-hydrogen) atoms. The lowest BCUT2D eigenvalue weighted by Crippen LogP contribution is -2.47. The van der Waals surface area contributed by atoms with Crippen molar-refractivity contribution >= 4 is 33.3 Å². The van der Waals surface area contributed by atoms with Gasteiger partial charge in [-0.1, -0.05) is 55.7 Å². The lowest BCUT2D eigenvalue weighted by Gasteiger charge is -2.41. The molecule has 0 saturated carbocycles. The number of hydrogen-bond donors (Lipinski definition) is 0. The summed E-state index contributed by atoms with van der Waals surface area (Å²) in [6.07, 6.45) is 0. The maximum atomic E-state index is 4.55. The first-order chi connectivity index (χ1) is 7.59. The van der Waals surface area contributed by atoms with Crippen LogP contribution >= 0.6 is 33.3 Å². The molecule has 0 amide bonds. The quantitative estimate of drug-likeness (QED) is 0.654. The van der Waals surface area contributed by atoms with Gasteiger partial charge in [0.05, 0.1) is 13.5 Å². The molecule has 6 atom stereocenters. The van der Waals surface area contributed by atoms with Crippen molar-refractivity contribution in [3.05, 3.63) is 0 Å². The van der Waals surface area contributed by atoms with E-state index in [0.29, 0.717) is 6.04 Å². The van der Waals surface area contributed by atoms with Crippen molar-refractivity contribution in [3.8, 4) is 0 Å². The van der Waals surface area contributed by atoms with E-state index in [9.17, 15) is 0 Å². The predicted molar refractivity (Wildman–Crippen MR) is 87.8 cm³/mol. The Balaban J connectivity index is 3.03. The summed E-state index contributed by atoms with van der Waals surface area (Å²) in [4.78, 5) is 0. The summed E-state index contributed by atoms with van der Waals surface area (Å²) in [5.74, 6) is 0. The highest BCUT2D eigenvalue weighted by molar-refractivity contribution is 8.60. The Morgan fingerprint density at radius 3 is 2.00 bits per heavy atom. The van der Waals surface area contributed by atoms with Crippen molar-refractivity contribution < 1.29 is 0 Å². The van der Waals surface area contributed by atoms with Crippen LogP contribution in [0.2, 0.25) is 0 Å². The van der Waals surface area contributed by atoms with Gasteiger partial charge >= 0.3 is 0 Å². The van der Waals surface area contributed by atoms with Gasteiger partial charge in [-0.2, -0.15) is 5.11 Å². The van der Waals surface area contributed by atoms with E-state index in [-0.39, 0.29) is 24.3 Å². The van der Waals surface area contributed by atoms with Crippen LogP contribution in [-0.4, -0.2) is 16.9 Å². The van der Waals surface area contributed by atoms with E-state index >= 15 is 0 Å². The van der Waals surface area contributed by atoms with Gasteiger partial charge in [-0.3, -0.25) is 0 Å². The molecule has 1 rings (SSSR count). The average molecular weight is 311 g/mol. The minimum absolute atomic E-state index is 0.168. The molecule has 0 aromatic carbocycles. The zero-order valence-corrected chi connectivity index (χ0v) is 15.8. The van der Waals surface area contributed by atoms with Gasteiger partial charge in [-0.25, -0.2) is 4.78 Å². The Kier molecular flexibility index (Phi) is 5.35. The lowest BCUT2D eigenvalue weighted by molar-refractivity contribution is 0.143. The monoisotopic (exact) mass is 311 g/mol. The molecular weight excluding hydrogens is 286 g/mol. The molecule has 0 radical (unpaired) electrons. The Labute approximate surface area is 113 Å². The van der Waals surface area contributed by atoms with E-state index in [1.807, 2.05) is 0 Å². The van der Waals surface area contributed by atoms with Gasteiger partial charge in [-0.15, -0.1) is 8.93 Å². The van der Waals surface area contributed by atoms with Gasteiger partial charge in [0.25, 0.3) is 0 Å². The maximum Gasteiger partial charge on any atom is 0.101 e. The third-order valence-electron chi connectivity index (χ3n) is 2.94. The zero-order chi connectivity index (χ0) is 13.4. The molecule has 100 valence electrons. The zero-order valence-electron chi connectivity index (χ0n) is 11.6. The van der Waals surface area contributed by atoms with E-state index in [0.717, 1.165) is 7.96 Å². The van der Waals surface area contributed by atoms with Crippen LogP contribution in [0, 0.1) is 10.8 Å². The van der Waals surface area contributed by atoms with Crippen molar-refractivity contribution in [1.29, 1.82) is 0 Å². The summed E-state index contributed by atoms with van der Waals surface area (Å²) >= 11 is 0. The number of hydrogen-bond acceptors (Lipinski definition) is 3. The van der Waals surface area contributed by atoms with E-state index < -0.39 is 0 Å². The molecule has 0 aromatic heterocycles. The molecule has 1 aliphatic rings. The van der Waals surface area contributed by atoms with Crippen LogP contribution < -0.4 is 0 Å². The van der Waals surface area contributed by atoms with Crippen LogP contribution in [0.25, 0.3) is 0 Å². The number of nitrogens with zero attached hydrogens (tertiary/aromatic N) is 3. The molecule has 1 aliphatic heterocycles. The molecule has 0 bridgehead atoms. The van der Waals surface area contributed by atoms with Crippen molar-refractivity contribution in [1.82, 2.24) is 4.78 Å². The molecule has 0 N–H and O–H groups in total. The molecule has 3 nitrogen and oxygen atoms in total. The SMILES string of the molecule is CC(C)(C)C1N=NN(P(P)PP)C1C(C)(C)C. The highest BCUT2D eigenvalue weighted by Crippen LogP contribution is 2.71. The van der Waals surface area contributed by atoms with Crippen molar-refractivity contribution in [2.75, 3.05) is 0 Å². The molecule has 0 aliphatic carbocycles. The summed E-state index contributed by atoms with van der Waals surface area (Å²) in [6, 6.07) is 0.688. The van der Waals surface area contributed by atoms with Gasteiger partial charge in [0, 0.05) is 0 Å². The summed E-state index contributed by atoms with van der Waals surface area (Å²) in [7, 11) is 6.33. The van der Waals surface area contributed by atoms with E-state index in [2.05, 4.69) is 74.5 Å². The topological polar surface area (TPSA) is 28.0 Å². The molecule has 6 unspecified atom stereocenters. The summed E-state index contributed by atoms with van der Waals surface area (Å²) in [5, 5.41) is 9.02. The molecular formula is C10H25N3P4. The smallest absolute Gasteiger partial charge is 0.101 e. The van der Waals surface area contributed by atoms with Crippen molar-refractivity contribution in [2.45, 2.75) is 53.6 Å².